The Bertz CT molecular complexity index is 882. The average molecular weight is 386 g/mol. The van der Waals surface area contributed by atoms with Crippen molar-refractivity contribution in [2.45, 2.75) is 25.8 Å². The van der Waals surface area contributed by atoms with E-state index in [2.05, 4.69) is 27.7 Å². The number of benzene rings is 2. The molecule has 1 saturated heterocycles. The Morgan fingerprint density at radius 2 is 1.78 bits per heavy atom. The van der Waals surface area contributed by atoms with Crippen LogP contribution in [0.25, 0.3) is 11.0 Å². The van der Waals surface area contributed by atoms with Crippen LogP contribution in [0, 0.1) is 11.7 Å². The molecule has 0 spiro atoms. The minimum Gasteiger partial charge on any atom is -0.323 e. The standard InChI is InChI=1S/C22H25ClFN3/c23-11-14-26-12-9-17(10-13-26)15-22-25-20-3-1-2-4-21(20)27(22)16-18-5-7-19(24)8-6-18/h1-8,17H,9-16H2. The van der Waals surface area contributed by atoms with E-state index in [1.807, 2.05) is 18.2 Å². The zero-order valence-electron chi connectivity index (χ0n) is 15.5. The maximum Gasteiger partial charge on any atom is 0.123 e. The van der Waals surface area contributed by atoms with Crippen molar-refractivity contribution in [3.05, 3.63) is 65.7 Å². The summed E-state index contributed by atoms with van der Waals surface area (Å²) in [6, 6.07) is 15.1. The Labute approximate surface area is 164 Å². The van der Waals surface area contributed by atoms with Gasteiger partial charge in [-0.25, -0.2) is 9.37 Å². The molecule has 27 heavy (non-hydrogen) atoms. The van der Waals surface area contributed by atoms with Gasteiger partial charge >= 0.3 is 0 Å². The first-order valence-electron chi connectivity index (χ1n) is 9.70. The van der Waals surface area contributed by atoms with Gasteiger partial charge in [0.15, 0.2) is 0 Å². The maximum atomic E-state index is 13.3. The fourth-order valence-corrected chi connectivity index (χ4v) is 4.26. The van der Waals surface area contributed by atoms with E-state index in [0.717, 1.165) is 55.0 Å². The van der Waals surface area contributed by atoms with E-state index in [4.69, 9.17) is 16.6 Å². The fraction of sp³-hybridized carbons (Fsp3) is 0.409. The van der Waals surface area contributed by atoms with Gasteiger partial charge in [-0.15, -0.1) is 11.6 Å². The summed E-state index contributed by atoms with van der Waals surface area (Å²) in [6.07, 6.45) is 3.37. The highest BCUT2D eigenvalue weighted by atomic mass is 35.5. The quantitative estimate of drug-likeness (QED) is 0.572. The number of rotatable bonds is 6. The number of alkyl halides is 1. The lowest BCUT2D eigenvalue weighted by Gasteiger charge is -2.31. The first kappa shape index (κ1) is 18.5. The van der Waals surface area contributed by atoms with Gasteiger partial charge < -0.3 is 9.47 Å². The zero-order valence-corrected chi connectivity index (χ0v) is 16.2. The molecule has 0 atom stereocenters. The molecule has 4 rings (SSSR count). The van der Waals surface area contributed by atoms with Crippen LogP contribution in [0.1, 0.15) is 24.2 Å². The van der Waals surface area contributed by atoms with E-state index < -0.39 is 0 Å². The smallest absolute Gasteiger partial charge is 0.123 e. The molecule has 0 saturated carbocycles. The van der Waals surface area contributed by atoms with Crippen LogP contribution in [-0.4, -0.2) is 40.0 Å². The Hall–Kier alpha value is -1.91. The van der Waals surface area contributed by atoms with Gasteiger partial charge in [0.2, 0.25) is 0 Å². The van der Waals surface area contributed by atoms with Crippen molar-refractivity contribution >= 4 is 22.6 Å². The summed E-state index contributed by atoms with van der Waals surface area (Å²) >= 11 is 5.88. The van der Waals surface area contributed by atoms with E-state index in [1.165, 1.54) is 25.0 Å². The largest absolute Gasteiger partial charge is 0.323 e. The van der Waals surface area contributed by atoms with Gasteiger partial charge in [-0.2, -0.15) is 0 Å². The van der Waals surface area contributed by atoms with Crippen LogP contribution in [-0.2, 0) is 13.0 Å². The third kappa shape index (κ3) is 4.33. The Kier molecular flexibility index (Phi) is 5.74. The summed E-state index contributed by atoms with van der Waals surface area (Å²) < 4.78 is 15.6. The van der Waals surface area contributed by atoms with Crippen molar-refractivity contribution in [3.63, 3.8) is 0 Å². The van der Waals surface area contributed by atoms with Gasteiger partial charge in [-0.1, -0.05) is 24.3 Å². The molecule has 5 heteroatoms. The fourth-order valence-electron chi connectivity index (χ4n) is 4.02. The maximum absolute atomic E-state index is 13.3. The van der Waals surface area contributed by atoms with Crippen LogP contribution in [0.2, 0.25) is 0 Å². The zero-order chi connectivity index (χ0) is 18.6. The second kappa shape index (κ2) is 8.41. The summed E-state index contributed by atoms with van der Waals surface area (Å²) in [5, 5.41) is 0. The van der Waals surface area contributed by atoms with E-state index in [9.17, 15) is 4.39 Å². The average Bonchev–Trinajstić information content (AvgIpc) is 3.02. The number of likely N-dealkylation sites (tertiary alicyclic amines) is 1. The molecule has 0 aliphatic carbocycles. The number of aromatic nitrogens is 2. The minimum absolute atomic E-state index is 0.196. The second-order valence-electron chi connectivity index (χ2n) is 7.41. The number of fused-ring (bicyclic) bond motifs is 1. The molecule has 3 nitrogen and oxygen atoms in total. The highest BCUT2D eigenvalue weighted by molar-refractivity contribution is 6.18. The van der Waals surface area contributed by atoms with Crippen LogP contribution >= 0.6 is 11.6 Å². The summed E-state index contributed by atoms with van der Waals surface area (Å²) in [5.41, 5.74) is 3.28. The number of para-hydroxylation sites is 2. The number of piperidine rings is 1. The number of halogens is 2. The molecule has 1 fully saturated rings. The van der Waals surface area contributed by atoms with Gasteiger partial charge in [0, 0.05) is 25.4 Å². The molecule has 0 N–H and O–H groups in total. The molecule has 3 aromatic rings. The van der Waals surface area contributed by atoms with Crippen LogP contribution < -0.4 is 0 Å². The van der Waals surface area contributed by atoms with E-state index in [-0.39, 0.29) is 5.82 Å². The molecule has 1 aliphatic heterocycles. The van der Waals surface area contributed by atoms with Gasteiger partial charge in [0.1, 0.15) is 11.6 Å². The third-order valence-electron chi connectivity index (χ3n) is 5.57. The van der Waals surface area contributed by atoms with Crippen LogP contribution in [0.4, 0.5) is 4.39 Å². The summed E-state index contributed by atoms with van der Waals surface area (Å²) in [4.78, 5) is 7.38. The number of nitrogens with zero attached hydrogens (tertiary/aromatic N) is 3. The van der Waals surface area contributed by atoms with Gasteiger partial charge in [0.25, 0.3) is 0 Å². The number of hydrogen-bond donors (Lipinski definition) is 0. The van der Waals surface area contributed by atoms with E-state index >= 15 is 0 Å². The lowest BCUT2D eigenvalue weighted by atomic mass is 9.93. The van der Waals surface area contributed by atoms with E-state index in [0.29, 0.717) is 11.8 Å². The van der Waals surface area contributed by atoms with Crippen molar-refractivity contribution in [3.8, 4) is 0 Å². The molecule has 0 bridgehead atoms. The summed E-state index contributed by atoms with van der Waals surface area (Å²) in [7, 11) is 0. The summed E-state index contributed by atoms with van der Waals surface area (Å²) in [5.74, 6) is 2.30. The first-order chi connectivity index (χ1) is 13.2. The van der Waals surface area contributed by atoms with Crippen LogP contribution in [0.3, 0.4) is 0 Å². The molecule has 1 aliphatic rings. The molecule has 2 aromatic carbocycles. The molecular weight excluding hydrogens is 361 g/mol. The minimum atomic E-state index is -0.196. The molecule has 1 aromatic heterocycles. The molecule has 2 heterocycles. The Morgan fingerprint density at radius 3 is 2.52 bits per heavy atom. The number of imidazole rings is 1. The lowest BCUT2D eigenvalue weighted by molar-refractivity contribution is 0.191. The Morgan fingerprint density at radius 1 is 1.04 bits per heavy atom. The van der Waals surface area contributed by atoms with Crippen molar-refractivity contribution in [2.75, 3.05) is 25.5 Å². The highest BCUT2D eigenvalue weighted by Crippen LogP contribution is 2.25. The predicted molar refractivity (Wildman–Crippen MR) is 109 cm³/mol. The van der Waals surface area contributed by atoms with Crippen LogP contribution in [0.5, 0.6) is 0 Å². The molecule has 142 valence electrons. The normalized spacial score (nSPS) is 16.2. The van der Waals surface area contributed by atoms with Gasteiger partial charge in [-0.05, 0) is 61.7 Å². The van der Waals surface area contributed by atoms with Crippen molar-refractivity contribution in [1.82, 2.24) is 14.5 Å². The van der Waals surface area contributed by atoms with Crippen molar-refractivity contribution in [2.24, 2.45) is 5.92 Å². The van der Waals surface area contributed by atoms with Crippen molar-refractivity contribution in [1.29, 1.82) is 0 Å². The first-order valence-corrected chi connectivity index (χ1v) is 10.2. The molecule has 0 amide bonds. The highest BCUT2D eigenvalue weighted by Gasteiger charge is 2.22. The molecule has 0 radical (unpaired) electrons. The van der Waals surface area contributed by atoms with Gasteiger partial charge in [0.05, 0.1) is 11.0 Å². The SMILES string of the molecule is Fc1ccc(Cn2c(CC3CCN(CCCl)CC3)nc3ccccc32)cc1. The predicted octanol–water partition coefficient (Wildman–Crippen LogP) is 4.72. The Balaban J connectivity index is 1.56. The van der Waals surface area contributed by atoms with Gasteiger partial charge in [-0.3, -0.25) is 0 Å². The monoisotopic (exact) mass is 385 g/mol. The van der Waals surface area contributed by atoms with E-state index in [1.54, 1.807) is 0 Å². The second-order valence-corrected chi connectivity index (χ2v) is 7.79. The topological polar surface area (TPSA) is 21.1 Å². The third-order valence-corrected chi connectivity index (χ3v) is 5.74. The van der Waals surface area contributed by atoms with Crippen LogP contribution in [0.15, 0.2) is 48.5 Å². The van der Waals surface area contributed by atoms with Crippen molar-refractivity contribution < 1.29 is 4.39 Å². The number of hydrogen-bond acceptors (Lipinski definition) is 2. The molecular formula is C22H25ClFN3. The molecule has 0 unspecified atom stereocenters. The lowest BCUT2D eigenvalue weighted by Crippen LogP contribution is -2.35. The summed E-state index contributed by atoms with van der Waals surface area (Å²) in [6.45, 7) is 3.95.